The first kappa shape index (κ1) is 16.8. The molecule has 0 radical (unpaired) electrons. The summed E-state index contributed by atoms with van der Waals surface area (Å²) in [5, 5.41) is 3.63. The van der Waals surface area contributed by atoms with Crippen LogP contribution in [-0.4, -0.2) is 18.5 Å². The minimum absolute atomic E-state index is 0.189. The lowest BCUT2D eigenvalue weighted by atomic mass is 10.1. The van der Waals surface area contributed by atoms with Crippen LogP contribution in [0.25, 0.3) is 11.0 Å². The molecule has 0 atom stereocenters. The number of hydrogen-bond donors (Lipinski definition) is 1. The second-order valence-corrected chi connectivity index (χ2v) is 5.81. The summed E-state index contributed by atoms with van der Waals surface area (Å²) >= 11 is 0. The number of benzene rings is 2. The maximum absolute atomic E-state index is 12.3. The van der Waals surface area contributed by atoms with E-state index in [1.54, 1.807) is 44.2 Å². The van der Waals surface area contributed by atoms with Gasteiger partial charge in [0.2, 0.25) is 5.76 Å². The van der Waals surface area contributed by atoms with Gasteiger partial charge >= 0.3 is 5.97 Å². The first-order chi connectivity index (χ1) is 12.0. The quantitative estimate of drug-likeness (QED) is 0.713. The fraction of sp³-hybridized carbons (Fsp3) is 0.200. The third kappa shape index (κ3) is 3.40. The van der Waals surface area contributed by atoms with Crippen LogP contribution in [0.15, 0.2) is 46.9 Å². The van der Waals surface area contributed by atoms with Crippen LogP contribution < -0.4 is 5.32 Å². The molecule has 128 valence electrons. The number of rotatable bonds is 4. The molecule has 0 saturated carbocycles. The van der Waals surface area contributed by atoms with Crippen LogP contribution in [0.4, 0.5) is 5.69 Å². The highest BCUT2D eigenvalue weighted by Gasteiger charge is 2.19. The van der Waals surface area contributed by atoms with Crippen LogP contribution in [0.3, 0.4) is 0 Å². The fourth-order valence-corrected chi connectivity index (χ4v) is 2.60. The van der Waals surface area contributed by atoms with E-state index < -0.39 is 5.97 Å². The number of ether oxygens (including phenoxy) is 1. The molecule has 1 heterocycles. The SMILES string of the molecule is CCOC(=O)c1oc2ccc(NC(=O)c3ccc(C)cc3)cc2c1C. The van der Waals surface area contributed by atoms with Gasteiger partial charge < -0.3 is 14.5 Å². The number of esters is 1. The van der Waals surface area contributed by atoms with Crippen molar-refractivity contribution >= 4 is 28.5 Å². The first-order valence-electron chi connectivity index (χ1n) is 8.08. The molecule has 1 aromatic heterocycles. The second-order valence-electron chi connectivity index (χ2n) is 5.81. The zero-order valence-corrected chi connectivity index (χ0v) is 14.4. The third-order valence-corrected chi connectivity index (χ3v) is 3.97. The second kappa shape index (κ2) is 6.81. The molecule has 0 spiro atoms. The van der Waals surface area contributed by atoms with E-state index in [-0.39, 0.29) is 18.3 Å². The summed E-state index contributed by atoms with van der Waals surface area (Å²) < 4.78 is 10.6. The van der Waals surface area contributed by atoms with E-state index in [4.69, 9.17) is 9.15 Å². The molecule has 2 aromatic carbocycles. The smallest absolute Gasteiger partial charge is 0.374 e. The summed E-state index contributed by atoms with van der Waals surface area (Å²) in [6.45, 7) is 5.80. The standard InChI is InChI=1S/C20H19NO4/c1-4-24-20(23)18-13(3)16-11-15(9-10-17(16)25-18)21-19(22)14-7-5-12(2)6-8-14/h5-11H,4H2,1-3H3,(H,21,22). The van der Waals surface area contributed by atoms with Crippen molar-refractivity contribution in [2.24, 2.45) is 0 Å². The van der Waals surface area contributed by atoms with Gasteiger partial charge in [0.05, 0.1) is 6.61 Å². The number of carbonyl (C=O) groups excluding carboxylic acids is 2. The summed E-state index contributed by atoms with van der Waals surface area (Å²) in [5.74, 6) is -0.480. The predicted octanol–water partition coefficient (Wildman–Crippen LogP) is 4.48. The maximum atomic E-state index is 12.3. The number of amides is 1. The van der Waals surface area contributed by atoms with Gasteiger partial charge in [-0.25, -0.2) is 4.79 Å². The number of aryl methyl sites for hydroxylation is 2. The largest absolute Gasteiger partial charge is 0.460 e. The van der Waals surface area contributed by atoms with Gasteiger partial charge in [0.25, 0.3) is 5.91 Å². The molecule has 5 heteroatoms. The Hall–Kier alpha value is -3.08. The predicted molar refractivity (Wildman–Crippen MR) is 96.0 cm³/mol. The highest BCUT2D eigenvalue weighted by molar-refractivity contribution is 6.05. The Morgan fingerprint density at radius 3 is 2.48 bits per heavy atom. The van der Waals surface area contributed by atoms with Crippen molar-refractivity contribution in [2.75, 3.05) is 11.9 Å². The molecule has 1 N–H and O–H groups in total. The zero-order chi connectivity index (χ0) is 18.0. The van der Waals surface area contributed by atoms with Crippen molar-refractivity contribution in [1.29, 1.82) is 0 Å². The van der Waals surface area contributed by atoms with Crippen LogP contribution >= 0.6 is 0 Å². The summed E-state index contributed by atoms with van der Waals surface area (Å²) in [6, 6.07) is 12.6. The lowest BCUT2D eigenvalue weighted by Gasteiger charge is -2.05. The van der Waals surface area contributed by atoms with Gasteiger partial charge in [0.15, 0.2) is 0 Å². The molecule has 0 bridgehead atoms. The molecular weight excluding hydrogens is 318 g/mol. The zero-order valence-electron chi connectivity index (χ0n) is 14.4. The fourth-order valence-electron chi connectivity index (χ4n) is 2.60. The molecule has 0 fully saturated rings. The number of anilines is 1. The molecular formula is C20H19NO4. The van der Waals surface area contributed by atoms with Crippen molar-refractivity contribution in [2.45, 2.75) is 20.8 Å². The van der Waals surface area contributed by atoms with Crippen molar-refractivity contribution in [1.82, 2.24) is 0 Å². The lowest BCUT2D eigenvalue weighted by molar-refractivity contribution is 0.0491. The van der Waals surface area contributed by atoms with E-state index in [2.05, 4.69) is 5.32 Å². The van der Waals surface area contributed by atoms with Crippen LogP contribution in [0.1, 0.15) is 39.0 Å². The highest BCUT2D eigenvalue weighted by atomic mass is 16.5. The Morgan fingerprint density at radius 2 is 1.80 bits per heavy atom. The van der Waals surface area contributed by atoms with E-state index in [1.807, 2.05) is 19.1 Å². The van der Waals surface area contributed by atoms with Gasteiger partial charge in [-0.3, -0.25) is 4.79 Å². The van der Waals surface area contributed by atoms with Gasteiger partial charge in [-0.15, -0.1) is 0 Å². The van der Waals surface area contributed by atoms with Gasteiger partial charge in [-0.2, -0.15) is 0 Å². The summed E-state index contributed by atoms with van der Waals surface area (Å²) in [7, 11) is 0. The normalized spacial score (nSPS) is 10.7. The van der Waals surface area contributed by atoms with E-state index in [1.165, 1.54) is 0 Å². The maximum Gasteiger partial charge on any atom is 0.374 e. The van der Waals surface area contributed by atoms with Crippen molar-refractivity contribution < 1.29 is 18.7 Å². The Kier molecular flexibility index (Phi) is 4.57. The Balaban J connectivity index is 1.88. The molecule has 0 unspecified atom stereocenters. The van der Waals surface area contributed by atoms with Crippen molar-refractivity contribution in [3.05, 3.63) is 64.9 Å². The number of furan rings is 1. The Labute approximate surface area is 145 Å². The minimum atomic E-state index is -0.485. The average Bonchev–Trinajstić information content (AvgIpc) is 2.92. The molecule has 0 aliphatic carbocycles. The van der Waals surface area contributed by atoms with Crippen LogP contribution in [-0.2, 0) is 4.74 Å². The van der Waals surface area contributed by atoms with Crippen LogP contribution in [0.5, 0.6) is 0 Å². The van der Waals surface area contributed by atoms with Gasteiger partial charge in [-0.05, 0) is 51.1 Å². The van der Waals surface area contributed by atoms with Gasteiger partial charge in [0, 0.05) is 22.2 Å². The van der Waals surface area contributed by atoms with Crippen molar-refractivity contribution in [3.8, 4) is 0 Å². The number of carbonyl (C=O) groups is 2. The molecule has 3 aromatic rings. The molecule has 1 amide bonds. The van der Waals surface area contributed by atoms with E-state index >= 15 is 0 Å². The third-order valence-electron chi connectivity index (χ3n) is 3.97. The molecule has 5 nitrogen and oxygen atoms in total. The number of fused-ring (bicyclic) bond motifs is 1. The average molecular weight is 337 g/mol. The number of hydrogen-bond acceptors (Lipinski definition) is 4. The van der Waals surface area contributed by atoms with E-state index in [0.717, 1.165) is 10.9 Å². The van der Waals surface area contributed by atoms with Crippen molar-refractivity contribution in [3.63, 3.8) is 0 Å². The Bertz CT molecular complexity index is 938. The van der Waals surface area contributed by atoms with E-state index in [9.17, 15) is 9.59 Å². The summed E-state index contributed by atoms with van der Waals surface area (Å²) in [6.07, 6.45) is 0. The van der Waals surface area contributed by atoms with Gasteiger partial charge in [0.1, 0.15) is 5.58 Å². The topological polar surface area (TPSA) is 68.5 Å². The summed E-state index contributed by atoms with van der Waals surface area (Å²) in [4.78, 5) is 24.3. The van der Waals surface area contributed by atoms with Crippen LogP contribution in [0, 0.1) is 13.8 Å². The Morgan fingerprint density at radius 1 is 1.08 bits per heavy atom. The monoisotopic (exact) mass is 337 g/mol. The van der Waals surface area contributed by atoms with Crippen LogP contribution in [0.2, 0.25) is 0 Å². The molecule has 3 rings (SSSR count). The first-order valence-corrected chi connectivity index (χ1v) is 8.08. The molecule has 0 aliphatic heterocycles. The molecule has 0 aliphatic rings. The lowest BCUT2D eigenvalue weighted by Crippen LogP contribution is -2.11. The minimum Gasteiger partial charge on any atom is -0.460 e. The van der Waals surface area contributed by atoms with E-state index in [0.29, 0.717) is 22.4 Å². The molecule has 0 saturated heterocycles. The highest BCUT2D eigenvalue weighted by Crippen LogP contribution is 2.28. The molecule has 25 heavy (non-hydrogen) atoms. The number of nitrogens with one attached hydrogen (secondary N) is 1. The summed E-state index contributed by atoms with van der Waals surface area (Å²) in [5.41, 5.74) is 3.59. The van der Waals surface area contributed by atoms with Gasteiger partial charge in [-0.1, -0.05) is 17.7 Å².